The molecule has 2 aromatic heterocycles. The molecule has 1 aliphatic rings. The van der Waals surface area contributed by atoms with Crippen molar-refractivity contribution in [1.29, 1.82) is 0 Å². The fraction of sp³-hybridized carbons (Fsp3) is 0.417. The van der Waals surface area contributed by atoms with Crippen LogP contribution >= 0.6 is 11.6 Å². The van der Waals surface area contributed by atoms with Crippen LogP contribution in [0.1, 0.15) is 0 Å². The molecule has 0 aliphatic carbocycles. The minimum absolute atomic E-state index is 0.253. The molecule has 3 rings (SSSR count). The Kier molecular flexibility index (Phi) is 3.35. The van der Waals surface area contributed by atoms with Crippen LogP contribution in [0.4, 0.5) is 5.82 Å². The average molecular weight is 280 g/mol. The predicted octanol–water partition coefficient (Wildman–Crippen LogP) is 1.37. The van der Waals surface area contributed by atoms with Gasteiger partial charge in [-0.05, 0) is 11.6 Å². The monoisotopic (exact) mass is 279 g/mol. The number of aryl methyl sites for hydroxylation is 1. The second kappa shape index (κ2) is 5.14. The summed E-state index contributed by atoms with van der Waals surface area (Å²) in [6.45, 7) is 3.06. The predicted molar refractivity (Wildman–Crippen MR) is 72.3 cm³/mol. The van der Waals surface area contributed by atoms with Gasteiger partial charge >= 0.3 is 0 Å². The summed E-state index contributed by atoms with van der Waals surface area (Å²) < 4.78 is 7.07. The van der Waals surface area contributed by atoms with E-state index in [1.165, 1.54) is 0 Å². The van der Waals surface area contributed by atoms with Gasteiger partial charge in [0.2, 0.25) is 5.28 Å². The standard InChI is InChI=1S/C12H14ClN5O/c1-17-8-9(7-14-17)10-6-11(16-12(13)15-10)18-2-4-19-5-3-18/h6-8H,2-5H2,1H3. The molecule has 0 N–H and O–H groups in total. The lowest BCUT2D eigenvalue weighted by atomic mass is 10.2. The Labute approximate surface area is 116 Å². The van der Waals surface area contributed by atoms with Gasteiger partial charge in [0.15, 0.2) is 0 Å². The van der Waals surface area contributed by atoms with Crippen LogP contribution in [0.15, 0.2) is 18.5 Å². The van der Waals surface area contributed by atoms with Crippen LogP contribution < -0.4 is 4.90 Å². The number of aromatic nitrogens is 4. The van der Waals surface area contributed by atoms with Crippen LogP contribution in [0, 0.1) is 0 Å². The third-order valence-corrected chi connectivity index (χ3v) is 3.19. The molecule has 6 nitrogen and oxygen atoms in total. The lowest BCUT2D eigenvalue weighted by molar-refractivity contribution is 0.122. The summed E-state index contributed by atoms with van der Waals surface area (Å²) in [6, 6.07) is 1.94. The van der Waals surface area contributed by atoms with E-state index in [9.17, 15) is 0 Å². The van der Waals surface area contributed by atoms with Crippen LogP contribution in [-0.2, 0) is 11.8 Å². The Bertz CT molecular complexity index is 579. The molecule has 1 saturated heterocycles. The smallest absolute Gasteiger partial charge is 0.224 e. The zero-order chi connectivity index (χ0) is 13.2. The molecule has 1 fully saturated rings. The lowest BCUT2D eigenvalue weighted by Crippen LogP contribution is -2.36. The van der Waals surface area contributed by atoms with Gasteiger partial charge < -0.3 is 9.64 Å². The van der Waals surface area contributed by atoms with Crippen molar-refractivity contribution in [2.75, 3.05) is 31.2 Å². The van der Waals surface area contributed by atoms with Gasteiger partial charge in [0.05, 0.1) is 25.1 Å². The summed E-state index contributed by atoms with van der Waals surface area (Å²) in [5.74, 6) is 0.835. The minimum atomic E-state index is 0.253. The molecule has 2 aromatic rings. The quantitative estimate of drug-likeness (QED) is 0.777. The highest BCUT2D eigenvalue weighted by molar-refractivity contribution is 6.28. The molecule has 1 aliphatic heterocycles. The molecule has 100 valence electrons. The van der Waals surface area contributed by atoms with Crippen molar-refractivity contribution in [3.05, 3.63) is 23.7 Å². The molecule has 19 heavy (non-hydrogen) atoms. The topological polar surface area (TPSA) is 56.1 Å². The normalized spacial score (nSPS) is 15.8. The van der Waals surface area contributed by atoms with Gasteiger partial charge in [0, 0.05) is 38.0 Å². The molecule has 7 heteroatoms. The van der Waals surface area contributed by atoms with Gasteiger partial charge in [0.25, 0.3) is 0 Å². The molecular weight excluding hydrogens is 266 g/mol. The first-order valence-corrected chi connectivity index (χ1v) is 6.46. The molecule has 0 atom stereocenters. The van der Waals surface area contributed by atoms with Gasteiger partial charge in [-0.2, -0.15) is 5.10 Å². The maximum Gasteiger partial charge on any atom is 0.224 e. The van der Waals surface area contributed by atoms with E-state index >= 15 is 0 Å². The van der Waals surface area contributed by atoms with E-state index in [1.54, 1.807) is 10.9 Å². The second-order valence-electron chi connectivity index (χ2n) is 4.38. The number of ether oxygens (including phenoxy) is 1. The van der Waals surface area contributed by atoms with Crippen LogP contribution in [0.25, 0.3) is 11.3 Å². The van der Waals surface area contributed by atoms with Gasteiger partial charge in [-0.15, -0.1) is 0 Å². The van der Waals surface area contributed by atoms with Gasteiger partial charge in [-0.1, -0.05) is 0 Å². The molecule has 0 unspecified atom stereocenters. The Balaban J connectivity index is 1.95. The van der Waals surface area contributed by atoms with Crippen LogP contribution in [0.5, 0.6) is 0 Å². The highest BCUT2D eigenvalue weighted by Gasteiger charge is 2.15. The lowest BCUT2D eigenvalue weighted by Gasteiger charge is -2.27. The summed E-state index contributed by atoms with van der Waals surface area (Å²) in [5.41, 5.74) is 1.72. The summed E-state index contributed by atoms with van der Waals surface area (Å²) in [7, 11) is 1.87. The number of anilines is 1. The van der Waals surface area contributed by atoms with E-state index in [0.29, 0.717) is 13.2 Å². The van der Waals surface area contributed by atoms with Gasteiger partial charge in [-0.3, -0.25) is 4.68 Å². The highest BCUT2D eigenvalue weighted by Crippen LogP contribution is 2.23. The first-order valence-electron chi connectivity index (χ1n) is 6.09. The maximum atomic E-state index is 6.02. The van der Waals surface area contributed by atoms with E-state index in [1.807, 2.05) is 19.3 Å². The number of hydrogen-bond donors (Lipinski definition) is 0. The number of morpholine rings is 1. The largest absolute Gasteiger partial charge is 0.378 e. The first kappa shape index (κ1) is 12.4. The zero-order valence-corrected chi connectivity index (χ0v) is 11.3. The Morgan fingerprint density at radius 1 is 1.26 bits per heavy atom. The van der Waals surface area contributed by atoms with Crippen LogP contribution in [-0.4, -0.2) is 46.1 Å². The number of hydrogen-bond acceptors (Lipinski definition) is 5. The van der Waals surface area contributed by atoms with Crippen LogP contribution in [0.2, 0.25) is 5.28 Å². The third kappa shape index (κ3) is 2.69. The first-order chi connectivity index (χ1) is 9.22. The van der Waals surface area contributed by atoms with Gasteiger partial charge in [0.1, 0.15) is 5.82 Å². The van der Waals surface area contributed by atoms with E-state index < -0.39 is 0 Å². The van der Waals surface area contributed by atoms with Crippen LogP contribution in [0.3, 0.4) is 0 Å². The Morgan fingerprint density at radius 2 is 2.05 bits per heavy atom. The molecule has 0 saturated carbocycles. The van der Waals surface area contributed by atoms with Crippen molar-refractivity contribution in [3.8, 4) is 11.3 Å². The van der Waals surface area contributed by atoms with E-state index in [2.05, 4.69) is 20.0 Å². The minimum Gasteiger partial charge on any atom is -0.378 e. The number of halogens is 1. The Hall–Kier alpha value is -1.66. The fourth-order valence-electron chi connectivity index (χ4n) is 2.06. The van der Waals surface area contributed by atoms with Crippen molar-refractivity contribution >= 4 is 17.4 Å². The molecule has 0 amide bonds. The van der Waals surface area contributed by atoms with E-state index in [0.717, 1.165) is 30.2 Å². The summed E-state index contributed by atoms with van der Waals surface area (Å²) >= 11 is 6.02. The SMILES string of the molecule is Cn1cc(-c2cc(N3CCOCC3)nc(Cl)n2)cn1. The second-order valence-corrected chi connectivity index (χ2v) is 4.72. The van der Waals surface area contributed by atoms with Gasteiger partial charge in [-0.25, -0.2) is 9.97 Å². The third-order valence-electron chi connectivity index (χ3n) is 3.02. The number of rotatable bonds is 2. The highest BCUT2D eigenvalue weighted by atomic mass is 35.5. The van der Waals surface area contributed by atoms with Crippen molar-refractivity contribution in [2.24, 2.45) is 7.05 Å². The number of nitrogens with zero attached hydrogens (tertiary/aromatic N) is 5. The van der Waals surface area contributed by atoms with Crippen molar-refractivity contribution in [1.82, 2.24) is 19.7 Å². The molecule has 0 bridgehead atoms. The van der Waals surface area contributed by atoms with Crippen molar-refractivity contribution < 1.29 is 4.74 Å². The zero-order valence-electron chi connectivity index (χ0n) is 10.6. The van der Waals surface area contributed by atoms with Crippen molar-refractivity contribution in [2.45, 2.75) is 0 Å². The average Bonchev–Trinajstić information content (AvgIpc) is 2.86. The summed E-state index contributed by atoms with van der Waals surface area (Å²) in [6.07, 6.45) is 3.67. The van der Waals surface area contributed by atoms with E-state index in [4.69, 9.17) is 16.3 Å². The molecule has 0 spiro atoms. The maximum absolute atomic E-state index is 6.02. The summed E-state index contributed by atoms with van der Waals surface area (Å²) in [5, 5.41) is 4.40. The molecule has 3 heterocycles. The molecular formula is C12H14ClN5O. The summed E-state index contributed by atoms with van der Waals surface area (Å²) in [4.78, 5) is 10.7. The Morgan fingerprint density at radius 3 is 2.74 bits per heavy atom. The molecule has 0 radical (unpaired) electrons. The van der Waals surface area contributed by atoms with E-state index in [-0.39, 0.29) is 5.28 Å². The fourth-order valence-corrected chi connectivity index (χ4v) is 2.24. The molecule has 0 aromatic carbocycles. The van der Waals surface area contributed by atoms with Crippen molar-refractivity contribution in [3.63, 3.8) is 0 Å².